The monoisotopic (exact) mass is 436 g/mol. The molecule has 0 spiro atoms. The van der Waals surface area contributed by atoms with Crippen molar-refractivity contribution in [3.8, 4) is 0 Å². The molecule has 0 unspecified atom stereocenters. The number of allylic oxidation sites excluding steroid dienone is 2. The summed E-state index contributed by atoms with van der Waals surface area (Å²) >= 11 is 6.56. The lowest BCUT2D eigenvalue weighted by Gasteiger charge is -2.39. The van der Waals surface area contributed by atoms with Gasteiger partial charge in [0.2, 0.25) is 0 Å². The molecule has 164 valence electrons. The summed E-state index contributed by atoms with van der Waals surface area (Å²) in [6.07, 6.45) is 7.22. The molecule has 0 saturated carbocycles. The number of halogens is 1. The van der Waals surface area contributed by atoms with Crippen LogP contribution in [0.2, 0.25) is 5.02 Å². The van der Waals surface area contributed by atoms with E-state index in [1.807, 2.05) is 32.1 Å². The summed E-state index contributed by atoms with van der Waals surface area (Å²) in [6, 6.07) is 8.09. The Morgan fingerprint density at radius 1 is 1.13 bits per heavy atom. The van der Waals surface area contributed by atoms with Crippen molar-refractivity contribution in [3.05, 3.63) is 65.5 Å². The zero-order valence-corrected chi connectivity index (χ0v) is 19.8. The van der Waals surface area contributed by atoms with Gasteiger partial charge in [-0.2, -0.15) is 0 Å². The molecule has 2 heterocycles. The number of pyridine rings is 1. The van der Waals surface area contributed by atoms with Crippen molar-refractivity contribution in [1.82, 2.24) is 14.8 Å². The zero-order chi connectivity index (χ0) is 22.4. The molecule has 1 aromatic carbocycles. The van der Waals surface area contributed by atoms with Crippen molar-refractivity contribution in [1.29, 1.82) is 0 Å². The SMILES string of the molecule is C=C(CCCC)N1CCN(C(=C)c2ccc3c(Cl)cc(/C(=C/C)N=CC)nc3c2)CC1. The van der Waals surface area contributed by atoms with Gasteiger partial charge < -0.3 is 9.80 Å². The van der Waals surface area contributed by atoms with Gasteiger partial charge in [0.1, 0.15) is 0 Å². The summed E-state index contributed by atoms with van der Waals surface area (Å²) in [7, 11) is 0. The highest BCUT2D eigenvalue weighted by atomic mass is 35.5. The van der Waals surface area contributed by atoms with E-state index in [2.05, 4.69) is 47.0 Å². The predicted octanol–water partition coefficient (Wildman–Crippen LogP) is 6.63. The van der Waals surface area contributed by atoms with E-state index in [-0.39, 0.29) is 0 Å². The van der Waals surface area contributed by atoms with Gasteiger partial charge in [-0.25, -0.2) is 4.98 Å². The molecule has 1 aliphatic heterocycles. The largest absolute Gasteiger partial charge is 0.372 e. The van der Waals surface area contributed by atoms with Crippen LogP contribution >= 0.6 is 11.6 Å². The number of nitrogens with zero attached hydrogens (tertiary/aromatic N) is 4. The van der Waals surface area contributed by atoms with Gasteiger partial charge >= 0.3 is 0 Å². The van der Waals surface area contributed by atoms with Crippen LogP contribution in [0.4, 0.5) is 0 Å². The topological polar surface area (TPSA) is 31.7 Å². The second kappa shape index (κ2) is 10.6. The predicted molar refractivity (Wildman–Crippen MR) is 135 cm³/mol. The second-order valence-electron chi connectivity index (χ2n) is 7.87. The summed E-state index contributed by atoms with van der Waals surface area (Å²) < 4.78 is 0. The van der Waals surface area contributed by atoms with Crippen LogP contribution < -0.4 is 0 Å². The number of hydrogen-bond acceptors (Lipinski definition) is 4. The third-order valence-electron chi connectivity index (χ3n) is 5.82. The number of piperazine rings is 1. The van der Waals surface area contributed by atoms with Crippen LogP contribution in [0.25, 0.3) is 22.3 Å². The minimum Gasteiger partial charge on any atom is -0.372 e. The van der Waals surface area contributed by atoms with Gasteiger partial charge in [0.15, 0.2) is 0 Å². The van der Waals surface area contributed by atoms with Gasteiger partial charge in [-0.15, -0.1) is 0 Å². The average Bonchev–Trinajstić information content (AvgIpc) is 2.80. The highest BCUT2D eigenvalue weighted by Gasteiger charge is 2.20. The standard InChI is InChI=1S/C26H33ClN4/c1-6-9-10-19(4)30-13-15-31(16-14-30)20(5)21-11-12-22-23(27)18-26(29-25(22)17-21)24(7-2)28-8-3/h7-8,11-12,17-18H,4-6,9-10,13-16H2,1-3H3/b24-7-,28-8?. The summed E-state index contributed by atoms with van der Waals surface area (Å²) in [6.45, 7) is 18.6. The Morgan fingerprint density at radius 2 is 1.84 bits per heavy atom. The van der Waals surface area contributed by atoms with Crippen molar-refractivity contribution >= 4 is 40.1 Å². The lowest BCUT2D eigenvalue weighted by Crippen LogP contribution is -2.44. The van der Waals surface area contributed by atoms with Crippen LogP contribution in [0.15, 0.2) is 54.2 Å². The van der Waals surface area contributed by atoms with Crippen molar-refractivity contribution < 1.29 is 0 Å². The maximum Gasteiger partial charge on any atom is 0.0905 e. The first-order valence-electron chi connectivity index (χ1n) is 11.1. The number of fused-ring (bicyclic) bond motifs is 1. The molecule has 0 bridgehead atoms. The molecule has 0 N–H and O–H groups in total. The van der Waals surface area contributed by atoms with Crippen molar-refractivity contribution in [2.45, 2.75) is 40.0 Å². The minimum atomic E-state index is 0.682. The lowest BCUT2D eigenvalue weighted by molar-refractivity contribution is 0.209. The van der Waals surface area contributed by atoms with Crippen LogP contribution in [0.5, 0.6) is 0 Å². The van der Waals surface area contributed by atoms with E-state index in [0.29, 0.717) is 5.02 Å². The number of hydrogen-bond donors (Lipinski definition) is 0. The Kier molecular flexibility index (Phi) is 7.91. The molecule has 4 nitrogen and oxygen atoms in total. The number of unbranched alkanes of at least 4 members (excludes halogenated alkanes) is 1. The maximum atomic E-state index is 6.56. The second-order valence-corrected chi connectivity index (χ2v) is 8.28. The highest BCUT2D eigenvalue weighted by Crippen LogP contribution is 2.30. The molecule has 0 atom stereocenters. The summed E-state index contributed by atoms with van der Waals surface area (Å²) in [5, 5.41) is 1.62. The van der Waals surface area contributed by atoms with Gasteiger partial charge in [0.05, 0.1) is 21.9 Å². The molecule has 1 aliphatic rings. The van der Waals surface area contributed by atoms with Crippen LogP contribution in [0.3, 0.4) is 0 Å². The van der Waals surface area contributed by atoms with Gasteiger partial charge in [0, 0.05) is 49.2 Å². The van der Waals surface area contributed by atoms with E-state index >= 15 is 0 Å². The van der Waals surface area contributed by atoms with E-state index in [1.54, 1.807) is 6.21 Å². The lowest BCUT2D eigenvalue weighted by atomic mass is 10.1. The molecular weight excluding hydrogens is 404 g/mol. The fourth-order valence-electron chi connectivity index (χ4n) is 3.94. The number of aliphatic imine (C=N–C) groups is 1. The summed E-state index contributed by atoms with van der Waals surface area (Å²) in [5.41, 5.74) is 5.82. The molecule has 5 heteroatoms. The first-order valence-corrected chi connectivity index (χ1v) is 11.5. The molecule has 1 saturated heterocycles. The van der Waals surface area contributed by atoms with E-state index in [4.69, 9.17) is 16.6 Å². The normalized spacial score (nSPS) is 15.2. The van der Waals surface area contributed by atoms with Crippen molar-refractivity contribution in [2.24, 2.45) is 4.99 Å². The number of rotatable bonds is 8. The molecule has 31 heavy (non-hydrogen) atoms. The Hall–Kier alpha value is -2.59. The van der Waals surface area contributed by atoms with Crippen molar-refractivity contribution in [3.63, 3.8) is 0 Å². The Balaban J connectivity index is 1.78. The molecule has 1 fully saturated rings. The highest BCUT2D eigenvalue weighted by molar-refractivity contribution is 6.35. The first-order chi connectivity index (χ1) is 15.0. The first kappa shape index (κ1) is 23.1. The van der Waals surface area contributed by atoms with E-state index < -0.39 is 0 Å². The number of benzene rings is 1. The van der Waals surface area contributed by atoms with Gasteiger partial charge in [-0.1, -0.05) is 56.3 Å². The van der Waals surface area contributed by atoms with Gasteiger partial charge in [-0.3, -0.25) is 4.99 Å². The van der Waals surface area contributed by atoms with Gasteiger partial charge in [-0.05, 0) is 44.4 Å². The molecule has 0 amide bonds. The van der Waals surface area contributed by atoms with Crippen molar-refractivity contribution in [2.75, 3.05) is 26.2 Å². The smallest absolute Gasteiger partial charge is 0.0905 e. The van der Waals surface area contributed by atoms with Gasteiger partial charge in [0.25, 0.3) is 0 Å². The molecule has 0 radical (unpaired) electrons. The molecule has 2 aromatic rings. The molecule has 1 aromatic heterocycles. The maximum absolute atomic E-state index is 6.56. The van der Waals surface area contributed by atoms with Crippen LogP contribution in [-0.2, 0) is 0 Å². The average molecular weight is 437 g/mol. The fraction of sp³-hybridized carbons (Fsp3) is 0.385. The summed E-state index contributed by atoms with van der Waals surface area (Å²) in [5.74, 6) is 0. The molecular formula is C26H33ClN4. The molecule has 0 aliphatic carbocycles. The Bertz CT molecular complexity index is 1010. The van der Waals surface area contributed by atoms with E-state index in [0.717, 1.165) is 66.2 Å². The van der Waals surface area contributed by atoms with E-state index in [9.17, 15) is 0 Å². The third kappa shape index (κ3) is 5.37. The quantitative estimate of drug-likeness (QED) is 0.435. The van der Waals surface area contributed by atoms with Crippen LogP contribution in [0.1, 0.15) is 51.3 Å². The Labute approximate surface area is 191 Å². The molecule has 3 rings (SSSR count). The zero-order valence-electron chi connectivity index (χ0n) is 19.0. The fourth-order valence-corrected chi connectivity index (χ4v) is 4.20. The van der Waals surface area contributed by atoms with E-state index in [1.165, 1.54) is 18.5 Å². The number of aromatic nitrogens is 1. The third-order valence-corrected chi connectivity index (χ3v) is 6.14. The van der Waals surface area contributed by atoms with Crippen LogP contribution in [-0.4, -0.2) is 47.2 Å². The van der Waals surface area contributed by atoms with Crippen LogP contribution in [0, 0.1) is 0 Å². The summed E-state index contributed by atoms with van der Waals surface area (Å²) in [4.78, 5) is 14.0. The Morgan fingerprint density at radius 3 is 2.48 bits per heavy atom. The minimum absolute atomic E-state index is 0.682.